The van der Waals surface area contributed by atoms with Crippen LogP contribution in [0.2, 0.25) is 0 Å². The average Bonchev–Trinajstić information content (AvgIpc) is 3.05. The summed E-state index contributed by atoms with van der Waals surface area (Å²) in [5.74, 6) is -0.328. The standard InChI is InChI=1S/C18H15NO2S/c1-12-3-5-13(6-4-12)16-11-22-17(19-16)14-7-9-15(10-8-14)18(20)21-2/h3-11H,1-2H3. The fourth-order valence-corrected chi connectivity index (χ4v) is 2.97. The smallest absolute Gasteiger partial charge is 0.337 e. The van der Waals surface area contributed by atoms with Gasteiger partial charge in [0.2, 0.25) is 0 Å². The van der Waals surface area contributed by atoms with Crippen LogP contribution in [0.5, 0.6) is 0 Å². The van der Waals surface area contributed by atoms with Crippen molar-refractivity contribution in [2.45, 2.75) is 6.92 Å². The highest BCUT2D eigenvalue weighted by Gasteiger charge is 2.09. The molecule has 0 atom stereocenters. The van der Waals surface area contributed by atoms with Crippen molar-refractivity contribution < 1.29 is 9.53 Å². The van der Waals surface area contributed by atoms with Crippen molar-refractivity contribution in [3.05, 3.63) is 65.0 Å². The summed E-state index contributed by atoms with van der Waals surface area (Å²) in [4.78, 5) is 16.1. The molecule has 0 saturated heterocycles. The lowest BCUT2D eigenvalue weighted by Crippen LogP contribution is -2.00. The van der Waals surface area contributed by atoms with E-state index in [9.17, 15) is 4.79 Å². The third-order valence-electron chi connectivity index (χ3n) is 3.40. The van der Waals surface area contributed by atoms with Gasteiger partial charge < -0.3 is 4.74 Å². The van der Waals surface area contributed by atoms with Crippen molar-refractivity contribution in [2.75, 3.05) is 7.11 Å². The number of methoxy groups -OCH3 is 1. The second-order valence-corrected chi connectivity index (χ2v) is 5.83. The highest BCUT2D eigenvalue weighted by molar-refractivity contribution is 7.13. The number of esters is 1. The monoisotopic (exact) mass is 309 g/mol. The van der Waals surface area contributed by atoms with Gasteiger partial charge in [0.1, 0.15) is 5.01 Å². The summed E-state index contributed by atoms with van der Waals surface area (Å²) in [5.41, 5.74) is 4.85. The van der Waals surface area contributed by atoms with Crippen LogP contribution in [0, 0.1) is 6.92 Å². The van der Waals surface area contributed by atoms with Crippen molar-refractivity contribution in [2.24, 2.45) is 0 Å². The molecule has 0 N–H and O–H groups in total. The topological polar surface area (TPSA) is 39.2 Å². The van der Waals surface area contributed by atoms with Crippen LogP contribution in [-0.2, 0) is 4.74 Å². The Morgan fingerprint density at radius 1 is 1.00 bits per heavy atom. The fourth-order valence-electron chi connectivity index (χ4n) is 2.13. The quantitative estimate of drug-likeness (QED) is 0.665. The predicted octanol–water partition coefficient (Wildman–Crippen LogP) is 4.57. The molecule has 0 amide bonds. The zero-order valence-electron chi connectivity index (χ0n) is 12.4. The lowest BCUT2D eigenvalue weighted by atomic mass is 10.1. The van der Waals surface area contributed by atoms with E-state index in [1.165, 1.54) is 12.7 Å². The molecule has 0 unspecified atom stereocenters. The number of carbonyl (C=O) groups excluding carboxylic acids is 1. The van der Waals surface area contributed by atoms with E-state index in [4.69, 9.17) is 4.74 Å². The minimum atomic E-state index is -0.328. The summed E-state index contributed by atoms with van der Waals surface area (Å²) < 4.78 is 4.70. The zero-order chi connectivity index (χ0) is 15.5. The van der Waals surface area contributed by atoms with Gasteiger partial charge in [-0.3, -0.25) is 0 Å². The molecule has 4 heteroatoms. The Labute approximate surface area is 133 Å². The molecule has 0 bridgehead atoms. The summed E-state index contributed by atoms with van der Waals surface area (Å²) in [7, 11) is 1.38. The molecule has 1 heterocycles. The Morgan fingerprint density at radius 2 is 1.64 bits per heavy atom. The maximum absolute atomic E-state index is 11.4. The second-order valence-electron chi connectivity index (χ2n) is 4.97. The number of thiazole rings is 1. The van der Waals surface area contributed by atoms with Crippen molar-refractivity contribution in [3.63, 3.8) is 0 Å². The molecular weight excluding hydrogens is 294 g/mol. The van der Waals surface area contributed by atoms with Gasteiger partial charge in [0.05, 0.1) is 18.4 Å². The van der Waals surface area contributed by atoms with E-state index in [1.807, 2.05) is 17.5 Å². The molecule has 0 radical (unpaired) electrons. The lowest BCUT2D eigenvalue weighted by Gasteiger charge is -2.00. The van der Waals surface area contributed by atoms with Crippen LogP contribution >= 0.6 is 11.3 Å². The minimum absolute atomic E-state index is 0.328. The number of rotatable bonds is 3. The molecule has 3 rings (SSSR count). The lowest BCUT2D eigenvalue weighted by molar-refractivity contribution is 0.0601. The highest BCUT2D eigenvalue weighted by atomic mass is 32.1. The summed E-state index contributed by atoms with van der Waals surface area (Å²) in [6, 6.07) is 15.6. The molecule has 0 spiro atoms. The first-order chi connectivity index (χ1) is 10.7. The number of aryl methyl sites for hydroxylation is 1. The number of hydrogen-bond acceptors (Lipinski definition) is 4. The van der Waals surface area contributed by atoms with Gasteiger partial charge in [0.15, 0.2) is 0 Å². The van der Waals surface area contributed by atoms with Crippen LogP contribution in [0.15, 0.2) is 53.9 Å². The molecule has 2 aromatic carbocycles. The summed E-state index contributed by atoms with van der Waals surface area (Å²) in [5, 5.41) is 2.99. The van der Waals surface area contributed by atoms with Crippen LogP contribution in [0.25, 0.3) is 21.8 Å². The van der Waals surface area contributed by atoms with Crippen molar-refractivity contribution in [1.82, 2.24) is 4.98 Å². The van der Waals surface area contributed by atoms with Crippen LogP contribution < -0.4 is 0 Å². The second kappa shape index (κ2) is 6.12. The largest absolute Gasteiger partial charge is 0.465 e. The van der Waals surface area contributed by atoms with E-state index in [0.29, 0.717) is 5.56 Å². The fraction of sp³-hybridized carbons (Fsp3) is 0.111. The molecule has 0 aliphatic rings. The average molecular weight is 309 g/mol. The first-order valence-electron chi connectivity index (χ1n) is 6.88. The summed E-state index contributed by atoms with van der Waals surface area (Å²) in [6.45, 7) is 2.07. The van der Waals surface area contributed by atoms with E-state index in [0.717, 1.165) is 21.8 Å². The van der Waals surface area contributed by atoms with Gasteiger partial charge in [0.25, 0.3) is 0 Å². The predicted molar refractivity (Wildman–Crippen MR) is 89.1 cm³/mol. The van der Waals surface area contributed by atoms with E-state index in [-0.39, 0.29) is 5.97 Å². The maximum atomic E-state index is 11.4. The number of carbonyl (C=O) groups is 1. The molecule has 3 aromatic rings. The summed E-state index contributed by atoms with van der Waals surface area (Å²) >= 11 is 1.59. The molecule has 0 fully saturated rings. The number of hydrogen-bond donors (Lipinski definition) is 0. The Morgan fingerprint density at radius 3 is 2.27 bits per heavy atom. The van der Waals surface area contributed by atoms with Gasteiger partial charge >= 0.3 is 5.97 Å². The van der Waals surface area contributed by atoms with Crippen LogP contribution in [0.3, 0.4) is 0 Å². The molecule has 3 nitrogen and oxygen atoms in total. The first kappa shape index (κ1) is 14.5. The SMILES string of the molecule is COC(=O)c1ccc(-c2nc(-c3ccc(C)cc3)cs2)cc1. The molecular formula is C18H15NO2S. The Kier molecular flexibility index (Phi) is 4.02. The third-order valence-corrected chi connectivity index (χ3v) is 4.30. The van der Waals surface area contributed by atoms with Gasteiger partial charge in [-0.05, 0) is 19.1 Å². The normalized spacial score (nSPS) is 10.5. The number of ether oxygens (including phenoxy) is 1. The number of benzene rings is 2. The van der Waals surface area contributed by atoms with E-state index in [1.54, 1.807) is 23.5 Å². The van der Waals surface area contributed by atoms with Crippen LogP contribution in [0.4, 0.5) is 0 Å². The molecule has 0 aliphatic heterocycles. The Bertz CT molecular complexity index is 789. The molecule has 1 aromatic heterocycles. The Hall–Kier alpha value is -2.46. The third kappa shape index (κ3) is 2.92. The van der Waals surface area contributed by atoms with Gasteiger partial charge in [0, 0.05) is 16.5 Å². The Balaban J connectivity index is 1.87. The van der Waals surface area contributed by atoms with E-state index < -0.39 is 0 Å². The van der Waals surface area contributed by atoms with Gasteiger partial charge in [-0.25, -0.2) is 9.78 Å². The van der Waals surface area contributed by atoms with Crippen molar-refractivity contribution >= 4 is 17.3 Å². The molecule has 0 saturated carbocycles. The minimum Gasteiger partial charge on any atom is -0.465 e. The van der Waals surface area contributed by atoms with Crippen molar-refractivity contribution in [1.29, 1.82) is 0 Å². The van der Waals surface area contributed by atoms with E-state index in [2.05, 4.69) is 36.2 Å². The van der Waals surface area contributed by atoms with E-state index >= 15 is 0 Å². The molecule has 22 heavy (non-hydrogen) atoms. The van der Waals surface area contributed by atoms with Gasteiger partial charge in [-0.2, -0.15) is 0 Å². The summed E-state index contributed by atoms with van der Waals surface area (Å²) in [6.07, 6.45) is 0. The van der Waals surface area contributed by atoms with Gasteiger partial charge in [-0.15, -0.1) is 11.3 Å². The van der Waals surface area contributed by atoms with Crippen LogP contribution in [0.1, 0.15) is 15.9 Å². The molecule has 110 valence electrons. The zero-order valence-corrected chi connectivity index (χ0v) is 13.2. The van der Waals surface area contributed by atoms with Gasteiger partial charge in [-0.1, -0.05) is 42.0 Å². The first-order valence-corrected chi connectivity index (χ1v) is 7.76. The van der Waals surface area contributed by atoms with Crippen LogP contribution in [-0.4, -0.2) is 18.1 Å². The van der Waals surface area contributed by atoms with Crippen molar-refractivity contribution in [3.8, 4) is 21.8 Å². The molecule has 0 aliphatic carbocycles. The highest BCUT2D eigenvalue weighted by Crippen LogP contribution is 2.29. The number of aromatic nitrogens is 1. The number of nitrogens with zero attached hydrogens (tertiary/aromatic N) is 1. The maximum Gasteiger partial charge on any atom is 0.337 e.